The Hall–Kier alpha value is -2.54. The molecule has 19 heavy (non-hydrogen) atoms. The Bertz CT molecular complexity index is 631. The maximum atomic E-state index is 11.1. The molecular formula is C12H12N4O3. The molecule has 7 nitrogen and oxygen atoms in total. The zero-order chi connectivity index (χ0) is 13.4. The molecule has 3 rings (SSSR count). The molecule has 1 aliphatic heterocycles. The lowest BCUT2D eigenvalue weighted by Crippen LogP contribution is -2.43. The lowest BCUT2D eigenvalue weighted by molar-refractivity contribution is -0.222. The van der Waals surface area contributed by atoms with Crippen LogP contribution in [0.2, 0.25) is 0 Å². The number of nitrogens with one attached hydrogen (secondary N) is 1. The third-order valence-corrected chi connectivity index (χ3v) is 2.62. The monoisotopic (exact) mass is 260 g/mol. The molecule has 0 unspecified atom stereocenters. The molecule has 1 aromatic carbocycles. The smallest absolute Gasteiger partial charge is 0.331 e. The highest BCUT2D eigenvalue weighted by atomic mass is 16.8. The number of hydrazone groups is 1. The van der Waals surface area contributed by atoms with Gasteiger partial charge in [-0.2, -0.15) is 0 Å². The van der Waals surface area contributed by atoms with Crippen LogP contribution < -0.4 is 5.53 Å². The first-order valence-corrected chi connectivity index (χ1v) is 5.70. The van der Waals surface area contributed by atoms with E-state index in [1.54, 1.807) is 7.05 Å². The molecule has 1 aromatic heterocycles. The third kappa shape index (κ3) is 2.00. The summed E-state index contributed by atoms with van der Waals surface area (Å²) in [6.45, 7) is 1.32. The number of hydrogen-bond donors (Lipinski definition) is 1. The molecule has 98 valence electrons. The van der Waals surface area contributed by atoms with Crippen molar-refractivity contribution in [2.24, 2.45) is 5.10 Å². The van der Waals surface area contributed by atoms with Crippen molar-refractivity contribution in [2.45, 2.75) is 6.92 Å². The van der Waals surface area contributed by atoms with E-state index in [1.165, 1.54) is 17.2 Å². The normalized spacial score (nSPS) is 15.5. The number of benzene rings is 1. The first-order chi connectivity index (χ1) is 9.15. The molecule has 1 aliphatic rings. The number of rotatable bonds is 2. The summed E-state index contributed by atoms with van der Waals surface area (Å²) in [5, 5.41) is 7.69. The minimum absolute atomic E-state index is 0.383. The van der Waals surface area contributed by atoms with Crippen LogP contribution in [0.15, 0.2) is 39.9 Å². The molecule has 0 saturated carbocycles. The SMILES string of the molecule is CC(=O)ON1C(c2cc3ccccc3o2)=NNN1C. The lowest BCUT2D eigenvalue weighted by atomic mass is 10.2. The molecule has 0 radical (unpaired) electrons. The van der Waals surface area contributed by atoms with Crippen LogP contribution in [-0.2, 0) is 9.63 Å². The first kappa shape index (κ1) is 11.5. The summed E-state index contributed by atoms with van der Waals surface area (Å²) in [6.07, 6.45) is 0. The summed E-state index contributed by atoms with van der Waals surface area (Å²) in [4.78, 5) is 16.1. The van der Waals surface area contributed by atoms with Gasteiger partial charge in [-0.05, 0) is 12.1 Å². The molecule has 0 saturated heterocycles. The average molecular weight is 260 g/mol. The maximum absolute atomic E-state index is 11.1. The fourth-order valence-corrected chi connectivity index (χ4v) is 1.81. The predicted molar refractivity (Wildman–Crippen MR) is 67.3 cm³/mol. The topological polar surface area (TPSA) is 70.3 Å². The van der Waals surface area contributed by atoms with Crippen molar-refractivity contribution in [1.82, 2.24) is 15.8 Å². The van der Waals surface area contributed by atoms with E-state index in [9.17, 15) is 4.79 Å². The van der Waals surface area contributed by atoms with Crippen molar-refractivity contribution in [3.05, 3.63) is 36.1 Å². The second-order valence-electron chi connectivity index (χ2n) is 4.06. The quantitative estimate of drug-likeness (QED) is 0.876. The molecule has 2 heterocycles. The van der Waals surface area contributed by atoms with Gasteiger partial charge in [0.2, 0.25) is 5.84 Å². The average Bonchev–Trinajstić information content (AvgIpc) is 2.93. The van der Waals surface area contributed by atoms with Crippen molar-refractivity contribution in [1.29, 1.82) is 0 Å². The highest BCUT2D eigenvalue weighted by molar-refractivity contribution is 5.99. The van der Waals surface area contributed by atoms with Crippen LogP contribution in [0.3, 0.4) is 0 Å². The van der Waals surface area contributed by atoms with Crippen molar-refractivity contribution in [3.8, 4) is 0 Å². The van der Waals surface area contributed by atoms with Gasteiger partial charge in [-0.25, -0.2) is 10.3 Å². The highest BCUT2D eigenvalue weighted by Crippen LogP contribution is 2.22. The molecule has 0 amide bonds. The van der Waals surface area contributed by atoms with Gasteiger partial charge in [-0.1, -0.05) is 28.5 Å². The number of carbonyl (C=O) groups is 1. The van der Waals surface area contributed by atoms with Crippen LogP contribution in [-0.4, -0.2) is 29.1 Å². The molecule has 0 atom stereocenters. The molecule has 2 aromatic rings. The van der Waals surface area contributed by atoms with E-state index < -0.39 is 5.97 Å². The molecule has 0 aliphatic carbocycles. The number of furan rings is 1. The lowest BCUT2D eigenvalue weighted by Gasteiger charge is -2.21. The van der Waals surface area contributed by atoms with Crippen LogP contribution in [0, 0.1) is 0 Å². The van der Waals surface area contributed by atoms with Crippen molar-refractivity contribution < 1.29 is 14.0 Å². The second kappa shape index (κ2) is 4.29. The summed E-state index contributed by atoms with van der Waals surface area (Å²) in [7, 11) is 1.67. The van der Waals surface area contributed by atoms with Gasteiger partial charge in [0.15, 0.2) is 5.76 Å². The van der Waals surface area contributed by atoms with Gasteiger partial charge in [0.05, 0.1) is 0 Å². The van der Waals surface area contributed by atoms with Crippen LogP contribution in [0.25, 0.3) is 11.0 Å². The number of hydroxylamine groups is 1. The zero-order valence-corrected chi connectivity index (χ0v) is 10.5. The summed E-state index contributed by atoms with van der Waals surface area (Å²) >= 11 is 0. The number of para-hydroxylation sites is 1. The highest BCUT2D eigenvalue weighted by Gasteiger charge is 2.29. The summed E-state index contributed by atoms with van der Waals surface area (Å²) in [5.74, 6) is 0.451. The fraction of sp³-hybridized carbons (Fsp3) is 0.167. The molecule has 0 spiro atoms. The zero-order valence-electron chi connectivity index (χ0n) is 10.5. The van der Waals surface area contributed by atoms with E-state index in [0.29, 0.717) is 11.6 Å². The first-order valence-electron chi connectivity index (χ1n) is 5.70. The van der Waals surface area contributed by atoms with E-state index in [-0.39, 0.29) is 0 Å². The molecule has 0 bridgehead atoms. The predicted octanol–water partition coefficient (Wildman–Crippen LogP) is 1.24. The van der Waals surface area contributed by atoms with E-state index in [2.05, 4.69) is 10.6 Å². The Kier molecular flexibility index (Phi) is 2.60. The number of amidine groups is 1. The Morgan fingerprint density at radius 2 is 2.21 bits per heavy atom. The van der Waals surface area contributed by atoms with E-state index in [1.807, 2.05) is 30.3 Å². The summed E-state index contributed by atoms with van der Waals surface area (Å²) in [6, 6.07) is 9.45. The molecular weight excluding hydrogens is 248 g/mol. The van der Waals surface area contributed by atoms with Gasteiger partial charge in [-0.3, -0.25) is 0 Å². The Balaban J connectivity index is 1.98. The number of fused-ring (bicyclic) bond motifs is 1. The largest absolute Gasteiger partial charge is 0.453 e. The Labute approximate surface area is 108 Å². The molecule has 7 heteroatoms. The number of carbonyl (C=O) groups excluding carboxylic acids is 1. The van der Waals surface area contributed by atoms with E-state index in [4.69, 9.17) is 9.25 Å². The Morgan fingerprint density at radius 3 is 2.95 bits per heavy atom. The van der Waals surface area contributed by atoms with Gasteiger partial charge in [0, 0.05) is 19.4 Å². The molecule has 0 fully saturated rings. The van der Waals surface area contributed by atoms with Crippen LogP contribution in [0.4, 0.5) is 0 Å². The minimum Gasteiger partial charge on any atom is -0.453 e. The summed E-state index contributed by atoms with van der Waals surface area (Å²) < 4.78 is 5.68. The summed E-state index contributed by atoms with van der Waals surface area (Å²) in [5.41, 5.74) is 3.43. The van der Waals surface area contributed by atoms with Crippen molar-refractivity contribution >= 4 is 22.8 Å². The van der Waals surface area contributed by atoms with Gasteiger partial charge < -0.3 is 9.25 Å². The molecule has 1 N–H and O–H groups in total. The van der Waals surface area contributed by atoms with Crippen molar-refractivity contribution in [2.75, 3.05) is 7.05 Å². The number of hydrazine groups is 2. The van der Waals surface area contributed by atoms with Gasteiger partial charge in [-0.15, -0.1) is 5.10 Å². The number of hydrogen-bond acceptors (Lipinski definition) is 7. The van der Waals surface area contributed by atoms with Crippen molar-refractivity contribution in [3.63, 3.8) is 0 Å². The standard InChI is InChI=1S/C12H12N4O3/c1-8(17)19-16-12(13-14-15(16)2)11-7-9-5-3-4-6-10(9)18-11/h3-7,14H,1-2H3. The maximum Gasteiger partial charge on any atom is 0.331 e. The van der Waals surface area contributed by atoms with Crippen LogP contribution in [0.5, 0.6) is 0 Å². The van der Waals surface area contributed by atoms with Gasteiger partial charge in [0.1, 0.15) is 5.58 Å². The number of nitrogens with zero attached hydrogens (tertiary/aromatic N) is 3. The van der Waals surface area contributed by atoms with E-state index >= 15 is 0 Å². The third-order valence-electron chi connectivity index (χ3n) is 2.62. The van der Waals surface area contributed by atoms with Crippen LogP contribution in [0.1, 0.15) is 12.7 Å². The van der Waals surface area contributed by atoms with Gasteiger partial charge in [0.25, 0.3) is 0 Å². The minimum atomic E-state index is -0.445. The Morgan fingerprint density at radius 1 is 1.42 bits per heavy atom. The second-order valence-corrected chi connectivity index (χ2v) is 4.06. The van der Waals surface area contributed by atoms with E-state index in [0.717, 1.165) is 11.0 Å². The van der Waals surface area contributed by atoms with Crippen LogP contribution >= 0.6 is 0 Å². The van der Waals surface area contributed by atoms with Gasteiger partial charge >= 0.3 is 5.97 Å². The fourth-order valence-electron chi connectivity index (χ4n) is 1.81.